The number of benzene rings is 1. The average molecular weight is 188 g/mol. The summed E-state index contributed by atoms with van der Waals surface area (Å²) in [6.07, 6.45) is 7.80. The molecule has 1 aromatic rings. The van der Waals surface area contributed by atoms with Gasteiger partial charge in [0, 0.05) is 0 Å². The molecule has 2 rings (SSSR count). The van der Waals surface area contributed by atoms with E-state index in [1.54, 1.807) is 0 Å². The third-order valence-electron chi connectivity index (χ3n) is 2.47. The molecule has 0 heterocycles. The Labute approximate surface area is 85.4 Å². The van der Waals surface area contributed by atoms with Gasteiger partial charge < -0.3 is 4.74 Å². The Morgan fingerprint density at radius 1 is 1.36 bits per heavy atom. The topological polar surface area (TPSA) is 9.23 Å². The highest BCUT2D eigenvalue weighted by molar-refractivity contribution is 5.57. The molecule has 0 aromatic heterocycles. The molecule has 1 nitrogen and oxygen atoms in total. The van der Waals surface area contributed by atoms with Crippen LogP contribution in [0.4, 0.5) is 0 Å². The number of aryl methyl sites for hydroxylation is 1. The minimum atomic E-state index is 0.814. The summed E-state index contributed by atoms with van der Waals surface area (Å²) >= 11 is 0. The summed E-state index contributed by atoms with van der Waals surface area (Å²) in [6, 6.07) is 6.38. The van der Waals surface area contributed by atoms with Crippen molar-refractivity contribution in [2.75, 3.05) is 6.61 Å². The van der Waals surface area contributed by atoms with Gasteiger partial charge in [0.25, 0.3) is 0 Å². The molecule has 0 fully saturated rings. The van der Waals surface area contributed by atoms with E-state index in [2.05, 4.69) is 37.3 Å². The summed E-state index contributed by atoms with van der Waals surface area (Å²) in [5.74, 6) is 1.01. The fourth-order valence-corrected chi connectivity index (χ4v) is 1.72. The van der Waals surface area contributed by atoms with E-state index in [9.17, 15) is 0 Å². The molecule has 1 heteroatoms. The lowest BCUT2D eigenvalue weighted by Crippen LogP contribution is -1.98. The molecule has 74 valence electrons. The standard InChI is InChI=1S/C13H16O/c1-2-9-14-13-8-7-11-5-3-4-6-12(11)10-13/h3,5,7-8,10H,2,4,6,9H2,1H3. The second-order valence-electron chi connectivity index (χ2n) is 3.65. The smallest absolute Gasteiger partial charge is 0.119 e. The summed E-state index contributed by atoms with van der Waals surface area (Å²) < 4.78 is 5.60. The van der Waals surface area contributed by atoms with E-state index < -0.39 is 0 Å². The lowest BCUT2D eigenvalue weighted by Gasteiger charge is -2.12. The maximum Gasteiger partial charge on any atom is 0.119 e. The Kier molecular flexibility index (Phi) is 2.87. The fourth-order valence-electron chi connectivity index (χ4n) is 1.72. The highest BCUT2D eigenvalue weighted by atomic mass is 16.5. The van der Waals surface area contributed by atoms with E-state index in [1.165, 1.54) is 11.1 Å². The zero-order valence-electron chi connectivity index (χ0n) is 8.62. The van der Waals surface area contributed by atoms with Crippen molar-refractivity contribution in [1.29, 1.82) is 0 Å². The van der Waals surface area contributed by atoms with Crippen LogP contribution in [0, 0.1) is 0 Å². The summed E-state index contributed by atoms with van der Waals surface area (Å²) in [5.41, 5.74) is 2.77. The zero-order valence-corrected chi connectivity index (χ0v) is 8.62. The van der Waals surface area contributed by atoms with Crippen LogP contribution in [-0.2, 0) is 6.42 Å². The van der Waals surface area contributed by atoms with Crippen LogP contribution >= 0.6 is 0 Å². The van der Waals surface area contributed by atoms with E-state index in [4.69, 9.17) is 4.74 Å². The van der Waals surface area contributed by atoms with Crippen molar-refractivity contribution in [2.24, 2.45) is 0 Å². The molecule has 0 spiro atoms. The minimum Gasteiger partial charge on any atom is -0.494 e. The van der Waals surface area contributed by atoms with Crippen LogP contribution in [0.5, 0.6) is 5.75 Å². The summed E-state index contributed by atoms with van der Waals surface area (Å²) in [5, 5.41) is 0. The van der Waals surface area contributed by atoms with Gasteiger partial charge in [-0.3, -0.25) is 0 Å². The minimum absolute atomic E-state index is 0.814. The maximum absolute atomic E-state index is 5.60. The molecular formula is C13H16O. The van der Waals surface area contributed by atoms with Gasteiger partial charge in [0.15, 0.2) is 0 Å². The maximum atomic E-state index is 5.60. The zero-order chi connectivity index (χ0) is 9.80. The average Bonchev–Trinajstić information content (AvgIpc) is 2.26. The van der Waals surface area contributed by atoms with Gasteiger partial charge in [-0.05, 0) is 42.5 Å². The van der Waals surface area contributed by atoms with Gasteiger partial charge in [-0.2, -0.15) is 0 Å². The number of fused-ring (bicyclic) bond motifs is 1. The Morgan fingerprint density at radius 3 is 3.14 bits per heavy atom. The molecule has 1 aliphatic rings. The number of allylic oxidation sites excluding steroid dienone is 1. The summed E-state index contributed by atoms with van der Waals surface area (Å²) in [4.78, 5) is 0. The molecule has 14 heavy (non-hydrogen) atoms. The molecular weight excluding hydrogens is 172 g/mol. The second kappa shape index (κ2) is 4.32. The van der Waals surface area contributed by atoms with Gasteiger partial charge in [-0.1, -0.05) is 25.1 Å². The van der Waals surface area contributed by atoms with Crippen molar-refractivity contribution in [3.05, 3.63) is 35.4 Å². The Bertz CT molecular complexity index is 339. The highest BCUT2D eigenvalue weighted by Crippen LogP contribution is 2.23. The SMILES string of the molecule is CCCOc1ccc2c(c1)CCC=C2. The number of ether oxygens (including phenoxy) is 1. The first kappa shape index (κ1) is 9.32. The molecule has 0 N–H and O–H groups in total. The molecule has 0 saturated heterocycles. The quantitative estimate of drug-likeness (QED) is 0.706. The van der Waals surface area contributed by atoms with Crippen LogP contribution in [0.1, 0.15) is 30.9 Å². The fraction of sp³-hybridized carbons (Fsp3) is 0.385. The Hall–Kier alpha value is -1.24. The van der Waals surface area contributed by atoms with Gasteiger partial charge in [0.2, 0.25) is 0 Å². The lowest BCUT2D eigenvalue weighted by atomic mass is 9.97. The first-order chi connectivity index (χ1) is 6.90. The van der Waals surface area contributed by atoms with E-state index in [0.717, 1.165) is 31.6 Å². The van der Waals surface area contributed by atoms with Crippen LogP contribution in [0.2, 0.25) is 0 Å². The summed E-state index contributed by atoms with van der Waals surface area (Å²) in [7, 11) is 0. The van der Waals surface area contributed by atoms with E-state index in [0.29, 0.717) is 0 Å². The van der Waals surface area contributed by atoms with Crippen molar-refractivity contribution >= 4 is 6.08 Å². The molecule has 1 aliphatic carbocycles. The van der Waals surface area contributed by atoms with Crippen LogP contribution in [0.3, 0.4) is 0 Å². The molecule has 0 bridgehead atoms. The van der Waals surface area contributed by atoms with Crippen molar-refractivity contribution in [2.45, 2.75) is 26.2 Å². The van der Waals surface area contributed by atoms with Gasteiger partial charge >= 0.3 is 0 Å². The summed E-state index contributed by atoms with van der Waals surface area (Å²) in [6.45, 7) is 2.94. The predicted octanol–water partition coefficient (Wildman–Crippen LogP) is 3.43. The Balaban J connectivity index is 2.17. The van der Waals surface area contributed by atoms with E-state index >= 15 is 0 Å². The van der Waals surface area contributed by atoms with E-state index in [1.807, 2.05) is 0 Å². The molecule has 0 amide bonds. The van der Waals surface area contributed by atoms with Crippen molar-refractivity contribution in [1.82, 2.24) is 0 Å². The van der Waals surface area contributed by atoms with Crippen LogP contribution in [0.15, 0.2) is 24.3 Å². The normalized spacial score (nSPS) is 13.8. The van der Waals surface area contributed by atoms with Crippen LogP contribution < -0.4 is 4.74 Å². The highest BCUT2D eigenvalue weighted by Gasteiger charge is 2.05. The third-order valence-corrected chi connectivity index (χ3v) is 2.47. The number of hydrogen-bond acceptors (Lipinski definition) is 1. The van der Waals surface area contributed by atoms with Crippen LogP contribution in [-0.4, -0.2) is 6.61 Å². The van der Waals surface area contributed by atoms with Crippen molar-refractivity contribution in [3.8, 4) is 5.75 Å². The molecule has 0 radical (unpaired) electrons. The molecule has 1 aromatic carbocycles. The first-order valence-corrected chi connectivity index (χ1v) is 5.32. The number of hydrogen-bond donors (Lipinski definition) is 0. The van der Waals surface area contributed by atoms with Crippen molar-refractivity contribution < 1.29 is 4.74 Å². The molecule has 0 atom stereocenters. The predicted molar refractivity (Wildman–Crippen MR) is 59.6 cm³/mol. The lowest BCUT2D eigenvalue weighted by molar-refractivity contribution is 0.317. The largest absolute Gasteiger partial charge is 0.494 e. The van der Waals surface area contributed by atoms with Gasteiger partial charge in [0.05, 0.1) is 6.61 Å². The van der Waals surface area contributed by atoms with E-state index in [-0.39, 0.29) is 0 Å². The van der Waals surface area contributed by atoms with Gasteiger partial charge in [0.1, 0.15) is 5.75 Å². The van der Waals surface area contributed by atoms with Gasteiger partial charge in [-0.15, -0.1) is 0 Å². The molecule has 0 saturated carbocycles. The van der Waals surface area contributed by atoms with Gasteiger partial charge in [-0.25, -0.2) is 0 Å². The third kappa shape index (κ3) is 1.98. The van der Waals surface area contributed by atoms with Crippen molar-refractivity contribution in [3.63, 3.8) is 0 Å². The Morgan fingerprint density at radius 2 is 2.29 bits per heavy atom. The molecule has 0 unspecified atom stereocenters. The number of rotatable bonds is 3. The monoisotopic (exact) mass is 188 g/mol. The second-order valence-corrected chi connectivity index (χ2v) is 3.65. The van der Waals surface area contributed by atoms with Crippen LogP contribution in [0.25, 0.3) is 6.08 Å². The molecule has 0 aliphatic heterocycles. The first-order valence-electron chi connectivity index (χ1n) is 5.32.